The van der Waals surface area contributed by atoms with E-state index >= 15 is 0 Å². The fourth-order valence-electron chi connectivity index (χ4n) is 1.11. The third-order valence-electron chi connectivity index (χ3n) is 1.91. The van der Waals surface area contributed by atoms with Crippen LogP contribution in [0.1, 0.15) is 19.4 Å². The molecule has 0 heterocycles. The van der Waals surface area contributed by atoms with Crippen molar-refractivity contribution >= 4 is 11.5 Å². The third-order valence-corrected chi connectivity index (χ3v) is 1.91. The number of aromatic hydroxyl groups is 1. The zero-order valence-corrected chi connectivity index (χ0v) is 10.4. The van der Waals surface area contributed by atoms with E-state index in [9.17, 15) is 15.2 Å². The molecule has 0 aromatic heterocycles. The fraction of sp³-hybridized carbons (Fsp3) is 0.364. The number of benzene rings is 1. The van der Waals surface area contributed by atoms with Gasteiger partial charge >= 0.3 is 5.69 Å². The van der Waals surface area contributed by atoms with Crippen molar-refractivity contribution < 1.29 is 10.0 Å². The third kappa shape index (κ3) is 3.44. The number of nitro groups is 1. The first-order valence-electron chi connectivity index (χ1n) is 5.17. The second kappa shape index (κ2) is 6.47. The summed E-state index contributed by atoms with van der Waals surface area (Å²) < 4.78 is 0. The van der Waals surface area contributed by atoms with Crippen LogP contribution in [0.4, 0.5) is 5.69 Å². The van der Waals surface area contributed by atoms with E-state index in [0.29, 0.717) is 0 Å². The lowest BCUT2D eigenvalue weighted by atomic mass is 10.1. The minimum Gasteiger partial charge on any atom is -0.502 e. The Morgan fingerprint density at radius 1 is 1.41 bits per heavy atom. The van der Waals surface area contributed by atoms with Crippen molar-refractivity contribution in [3.63, 3.8) is 0 Å². The molecule has 0 aliphatic rings. The Morgan fingerprint density at radius 2 is 1.94 bits per heavy atom. The summed E-state index contributed by atoms with van der Waals surface area (Å²) in [7, 11) is 3.25. The summed E-state index contributed by atoms with van der Waals surface area (Å²) in [5, 5.41) is 27.7. The SMILES string of the molecule is CC.CN(C)C(=N)c1cccc([N+](=O)[O-])c1O. The molecular formula is C11H17N3O3. The van der Waals surface area contributed by atoms with Gasteiger partial charge in [0.2, 0.25) is 5.75 Å². The maximum absolute atomic E-state index is 10.5. The maximum atomic E-state index is 10.5. The Hall–Kier alpha value is -2.11. The molecule has 6 heteroatoms. The molecule has 0 amide bonds. The van der Waals surface area contributed by atoms with Crippen molar-refractivity contribution in [1.29, 1.82) is 5.41 Å². The van der Waals surface area contributed by atoms with Crippen molar-refractivity contribution in [1.82, 2.24) is 4.90 Å². The van der Waals surface area contributed by atoms with Crippen LogP contribution in [0.15, 0.2) is 18.2 Å². The molecule has 0 aliphatic carbocycles. The summed E-state index contributed by atoms with van der Waals surface area (Å²) in [5.74, 6) is -0.447. The van der Waals surface area contributed by atoms with E-state index in [-0.39, 0.29) is 17.1 Å². The van der Waals surface area contributed by atoms with Crippen LogP contribution in [-0.2, 0) is 0 Å². The molecular weight excluding hydrogens is 222 g/mol. The molecule has 17 heavy (non-hydrogen) atoms. The number of phenols is 1. The van der Waals surface area contributed by atoms with Crippen LogP contribution >= 0.6 is 0 Å². The monoisotopic (exact) mass is 239 g/mol. The zero-order chi connectivity index (χ0) is 13.6. The van der Waals surface area contributed by atoms with Gasteiger partial charge in [0.15, 0.2) is 0 Å². The van der Waals surface area contributed by atoms with Crippen LogP contribution in [0.3, 0.4) is 0 Å². The van der Waals surface area contributed by atoms with E-state index in [1.807, 2.05) is 13.8 Å². The average molecular weight is 239 g/mol. The smallest absolute Gasteiger partial charge is 0.311 e. The normalized spacial score (nSPS) is 8.94. The number of nitrogens with zero attached hydrogens (tertiary/aromatic N) is 2. The van der Waals surface area contributed by atoms with Gasteiger partial charge in [-0.1, -0.05) is 19.9 Å². The van der Waals surface area contributed by atoms with Gasteiger partial charge in [0.25, 0.3) is 0 Å². The van der Waals surface area contributed by atoms with Crippen LogP contribution in [0.5, 0.6) is 5.75 Å². The first-order valence-corrected chi connectivity index (χ1v) is 5.17. The molecule has 0 saturated heterocycles. The summed E-state index contributed by atoms with van der Waals surface area (Å²) in [6.45, 7) is 4.00. The van der Waals surface area contributed by atoms with Gasteiger partial charge in [-0.2, -0.15) is 0 Å². The molecule has 94 valence electrons. The Balaban J connectivity index is 0.00000121. The summed E-state index contributed by atoms with van der Waals surface area (Å²) >= 11 is 0. The molecule has 0 saturated carbocycles. The van der Waals surface area contributed by atoms with E-state index in [1.54, 1.807) is 14.1 Å². The second-order valence-corrected chi connectivity index (χ2v) is 3.17. The van der Waals surface area contributed by atoms with Crippen molar-refractivity contribution in [3.8, 4) is 5.75 Å². The largest absolute Gasteiger partial charge is 0.502 e. The number of hydrogen-bond acceptors (Lipinski definition) is 4. The Bertz CT molecular complexity index is 416. The highest BCUT2D eigenvalue weighted by Gasteiger charge is 2.19. The minimum atomic E-state index is -0.679. The predicted molar refractivity (Wildman–Crippen MR) is 66.6 cm³/mol. The highest BCUT2D eigenvalue weighted by Crippen LogP contribution is 2.29. The molecule has 1 aromatic carbocycles. The first kappa shape index (κ1) is 14.9. The molecule has 0 unspecified atom stereocenters. The van der Waals surface area contributed by atoms with Crippen molar-refractivity contribution in [2.75, 3.05) is 14.1 Å². The quantitative estimate of drug-likeness (QED) is 0.358. The van der Waals surface area contributed by atoms with E-state index < -0.39 is 10.7 Å². The summed E-state index contributed by atoms with van der Waals surface area (Å²) in [6.07, 6.45) is 0. The summed E-state index contributed by atoms with van der Waals surface area (Å²) in [4.78, 5) is 11.3. The van der Waals surface area contributed by atoms with Crippen LogP contribution in [0.25, 0.3) is 0 Å². The molecule has 2 N–H and O–H groups in total. The molecule has 0 bridgehead atoms. The summed E-state index contributed by atoms with van der Waals surface area (Å²) in [6, 6.07) is 4.09. The Kier molecular flexibility index (Phi) is 5.66. The molecule has 0 aliphatic heterocycles. The molecule has 0 radical (unpaired) electrons. The Morgan fingerprint density at radius 3 is 2.35 bits per heavy atom. The number of nitro benzene ring substituents is 1. The molecule has 6 nitrogen and oxygen atoms in total. The van der Waals surface area contributed by atoms with Crippen LogP contribution in [0.2, 0.25) is 0 Å². The van der Waals surface area contributed by atoms with Gasteiger partial charge in [0, 0.05) is 20.2 Å². The zero-order valence-electron chi connectivity index (χ0n) is 10.4. The van der Waals surface area contributed by atoms with E-state index in [1.165, 1.54) is 23.1 Å². The van der Waals surface area contributed by atoms with Crippen LogP contribution in [-0.4, -0.2) is 34.9 Å². The standard InChI is InChI=1S/C9H11N3O3.C2H6/c1-11(2)9(10)6-4-3-5-7(8(6)13)12(14)15;1-2/h3-5,10,13H,1-2H3;1-2H3. The lowest BCUT2D eigenvalue weighted by Crippen LogP contribution is -2.21. The molecule has 1 aromatic rings. The number of para-hydroxylation sites is 1. The van der Waals surface area contributed by atoms with Gasteiger partial charge in [-0.3, -0.25) is 15.5 Å². The first-order chi connectivity index (χ1) is 7.95. The number of phenolic OH excluding ortho intramolecular Hbond substituents is 1. The minimum absolute atomic E-state index is 0.0243. The highest BCUT2D eigenvalue weighted by molar-refractivity contribution is 5.99. The van der Waals surface area contributed by atoms with E-state index in [2.05, 4.69) is 0 Å². The van der Waals surface area contributed by atoms with Crippen LogP contribution < -0.4 is 0 Å². The Labute approximate surface area is 100 Å². The summed E-state index contributed by atoms with van der Waals surface area (Å²) in [5.41, 5.74) is -0.242. The van der Waals surface area contributed by atoms with E-state index in [4.69, 9.17) is 5.41 Å². The fourth-order valence-corrected chi connectivity index (χ4v) is 1.11. The van der Waals surface area contributed by atoms with Crippen molar-refractivity contribution in [2.24, 2.45) is 0 Å². The topological polar surface area (TPSA) is 90.5 Å². The molecule has 0 fully saturated rings. The van der Waals surface area contributed by atoms with Gasteiger partial charge in [-0.25, -0.2) is 0 Å². The predicted octanol–water partition coefficient (Wildman–Crippen LogP) is 2.21. The molecule has 0 atom stereocenters. The van der Waals surface area contributed by atoms with Crippen molar-refractivity contribution in [2.45, 2.75) is 13.8 Å². The van der Waals surface area contributed by atoms with E-state index in [0.717, 1.165) is 0 Å². The molecule has 0 spiro atoms. The number of rotatable bonds is 2. The maximum Gasteiger partial charge on any atom is 0.311 e. The number of amidine groups is 1. The van der Waals surface area contributed by atoms with Gasteiger partial charge in [-0.05, 0) is 6.07 Å². The lowest BCUT2D eigenvalue weighted by molar-refractivity contribution is -0.385. The van der Waals surface area contributed by atoms with Crippen LogP contribution in [0, 0.1) is 15.5 Å². The lowest BCUT2D eigenvalue weighted by Gasteiger charge is -2.14. The highest BCUT2D eigenvalue weighted by atomic mass is 16.6. The number of hydrogen-bond donors (Lipinski definition) is 2. The van der Waals surface area contributed by atoms with Gasteiger partial charge in [0.1, 0.15) is 5.84 Å². The van der Waals surface area contributed by atoms with Gasteiger partial charge in [-0.15, -0.1) is 0 Å². The second-order valence-electron chi connectivity index (χ2n) is 3.17. The molecule has 1 rings (SSSR count). The van der Waals surface area contributed by atoms with Crippen molar-refractivity contribution in [3.05, 3.63) is 33.9 Å². The van der Waals surface area contributed by atoms with Gasteiger partial charge < -0.3 is 10.0 Å². The number of nitrogens with one attached hydrogen (secondary N) is 1. The van der Waals surface area contributed by atoms with Gasteiger partial charge in [0.05, 0.1) is 10.5 Å². The average Bonchev–Trinajstić information content (AvgIpc) is 2.30.